The Balaban J connectivity index is 1.78. The summed E-state index contributed by atoms with van der Waals surface area (Å²) in [7, 11) is 0. The molecule has 0 saturated heterocycles. The number of anilines is 1. The molecule has 0 spiro atoms. The van der Waals surface area contributed by atoms with Crippen molar-refractivity contribution in [2.24, 2.45) is 0 Å². The minimum atomic E-state index is -0.286. The molecule has 2 N–H and O–H groups in total. The quantitative estimate of drug-likeness (QED) is 0.856. The molecule has 0 atom stereocenters. The lowest BCUT2D eigenvalue weighted by atomic mass is 9.93. The molecule has 22 heavy (non-hydrogen) atoms. The molecule has 2 aromatic rings. The van der Waals surface area contributed by atoms with Crippen LogP contribution < -0.4 is 10.6 Å². The third-order valence-electron chi connectivity index (χ3n) is 3.10. The molecular formula is C16H20BrN3O2. The number of hydrogen-bond acceptors (Lipinski definition) is 3. The molecule has 118 valence electrons. The van der Waals surface area contributed by atoms with E-state index in [1.807, 2.05) is 45.0 Å². The van der Waals surface area contributed by atoms with Crippen LogP contribution in [-0.2, 0) is 11.8 Å². The zero-order chi connectivity index (χ0) is 16.2. The lowest BCUT2D eigenvalue weighted by molar-refractivity contribution is 0.252. The number of urea groups is 1. The molecule has 0 saturated carbocycles. The molecule has 1 aromatic heterocycles. The fraction of sp³-hybridized carbons (Fsp3) is 0.375. The Labute approximate surface area is 138 Å². The Morgan fingerprint density at radius 1 is 1.27 bits per heavy atom. The van der Waals surface area contributed by atoms with Crippen LogP contribution in [0.3, 0.4) is 0 Å². The van der Waals surface area contributed by atoms with Gasteiger partial charge in [0.1, 0.15) is 5.76 Å². The smallest absolute Gasteiger partial charge is 0.320 e. The molecule has 0 bridgehead atoms. The van der Waals surface area contributed by atoms with Crippen LogP contribution in [0.4, 0.5) is 10.6 Å². The third-order valence-corrected chi connectivity index (χ3v) is 3.63. The van der Waals surface area contributed by atoms with Gasteiger partial charge < -0.3 is 9.84 Å². The molecule has 0 unspecified atom stereocenters. The van der Waals surface area contributed by atoms with E-state index in [4.69, 9.17) is 4.52 Å². The molecule has 0 radical (unpaired) electrons. The molecule has 0 aliphatic heterocycles. The summed E-state index contributed by atoms with van der Waals surface area (Å²) in [6, 6.07) is 9.48. The Morgan fingerprint density at radius 2 is 1.95 bits per heavy atom. The van der Waals surface area contributed by atoms with Gasteiger partial charge in [-0.05, 0) is 24.1 Å². The summed E-state index contributed by atoms with van der Waals surface area (Å²) in [5, 5.41) is 9.31. The largest absolute Gasteiger partial charge is 0.359 e. The van der Waals surface area contributed by atoms with E-state index in [1.54, 1.807) is 6.07 Å². The minimum absolute atomic E-state index is 0.134. The van der Waals surface area contributed by atoms with E-state index >= 15 is 0 Å². The number of carbonyl (C=O) groups excluding carboxylic acids is 1. The van der Waals surface area contributed by atoms with Crippen LogP contribution in [0.15, 0.2) is 39.3 Å². The lowest BCUT2D eigenvalue weighted by Gasteiger charge is -2.12. The number of nitrogens with zero attached hydrogens (tertiary/aromatic N) is 1. The SMILES string of the molecule is CC(C)(C)c1cc(NC(=O)NCCc2ccc(Br)cc2)no1. The molecule has 6 heteroatoms. The highest BCUT2D eigenvalue weighted by Gasteiger charge is 2.20. The molecule has 0 aliphatic rings. The first-order chi connectivity index (χ1) is 10.3. The van der Waals surface area contributed by atoms with Crippen molar-refractivity contribution in [3.63, 3.8) is 0 Å². The van der Waals surface area contributed by atoms with Crippen molar-refractivity contribution in [3.05, 3.63) is 46.1 Å². The van der Waals surface area contributed by atoms with Crippen molar-refractivity contribution in [2.75, 3.05) is 11.9 Å². The van der Waals surface area contributed by atoms with Crippen LogP contribution in [0.5, 0.6) is 0 Å². The fourth-order valence-corrected chi connectivity index (χ4v) is 2.08. The van der Waals surface area contributed by atoms with E-state index in [1.165, 1.54) is 5.56 Å². The van der Waals surface area contributed by atoms with Gasteiger partial charge in [0.2, 0.25) is 0 Å². The number of halogens is 1. The zero-order valence-corrected chi connectivity index (χ0v) is 14.5. The standard InChI is InChI=1S/C16H20BrN3O2/c1-16(2,3)13-10-14(20-22-13)19-15(21)18-9-8-11-4-6-12(17)7-5-11/h4-7,10H,8-9H2,1-3H3,(H2,18,19,20,21). The number of amides is 2. The van der Waals surface area contributed by atoms with Crippen LogP contribution in [0.25, 0.3) is 0 Å². The van der Waals surface area contributed by atoms with Gasteiger partial charge in [-0.3, -0.25) is 5.32 Å². The Morgan fingerprint density at radius 3 is 2.55 bits per heavy atom. The van der Waals surface area contributed by atoms with Crippen molar-refractivity contribution < 1.29 is 9.32 Å². The summed E-state index contributed by atoms with van der Waals surface area (Å²) >= 11 is 3.39. The van der Waals surface area contributed by atoms with E-state index in [9.17, 15) is 4.79 Å². The number of rotatable bonds is 4. The first-order valence-corrected chi connectivity index (χ1v) is 7.90. The van der Waals surface area contributed by atoms with Crippen LogP contribution in [-0.4, -0.2) is 17.7 Å². The van der Waals surface area contributed by atoms with Gasteiger partial charge in [-0.1, -0.05) is 54.0 Å². The predicted molar refractivity (Wildman–Crippen MR) is 90.1 cm³/mol. The Bertz CT molecular complexity index is 630. The molecule has 0 fully saturated rings. The predicted octanol–water partition coefficient (Wildman–Crippen LogP) is 4.10. The second kappa shape index (κ2) is 6.96. The molecular weight excluding hydrogens is 346 g/mol. The molecule has 5 nitrogen and oxygen atoms in total. The summed E-state index contributed by atoms with van der Waals surface area (Å²) in [5.74, 6) is 1.16. The van der Waals surface area contributed by atoms with Crippen molar-refractivity contribution in [2.45, 2.75) is 32.6 Å². The summed E-state index contributed by atoms with van der Waals surface area (Å²) in [6.07, 6.45) is 0.771. The molecule has 1 aromatic carbocycles. The van der Waals surface area contributed by atoms with E-state index in [0.29, 0.717) is 12.4 Å². The highest BCUT2D eigenvalue weighted by atomic mass is 79.9. The van der Waals surface area contributed by atoms with Crippen molar-refractivity contribution in [3.8, 4) is 0 Å². The van der Waals surface area contributed by atoms with E-state index < -0.39 is 0 Å². The van der Waals surface area contributed by atoms with Crippen molar-refractivity contribution in [1.82, 2.24) is 10.5 Å². The van der Waals surface area contributed by atoms with E-state index in [2.05, 4.69) is 31.7 Å². The van der Waals surface area contributed by atoms with Gasteiger partial charge in [0.05, 0.1) is 0 Å². The van der Waals surface area contributed by atoms with Crippen LogP contribution >= 0.6 is 15.9 Å². The molecule has 2 amide bonds. The van der Waals surface area contributed by atoms with Crippen LogP contribution in [0, 0.1) is 0 Å². The van der Waals surface area contributed by atoms with Gasteiger partial charge in [0.15, 0.2) is 5.82 Å². The number of aromatic nitrogens is 1. The van der Waals surface area contributed by atoms with E-state index in [0.717, 1.165) is 16.7 Å². The summed E-state index contributed by atoms with van der Waals surface area (Å²) in [5.41, 5.74) is 1.03. The summed E-state index contributed by atoms with van der Waals surface area (Å²) < 4.78 is 6.26. The second-order valence-corrected chi connectivity index (χ2v) is 7.00. The van der Waals surface area contributed by atoms with Crippen LogP contribution in [0.1, 0.15) is 32.1 Å². The first kappa shape index (κ1) is 16.5. The average molecular weight is 366 g/mol. The minimum Gasteiger partial charge on any atom is -0.359 e. The number of benzene rings is 1. The fourth-order valence-electron chi connectivity index (χ4n) is 1.82. The highest BCUT2D eigenvalue weighted by Crippen LogP contribution is 2.24. The molecule has 1 heterocycles. The van der Waals surface area contributed by atoms with Crippen LogP contribution in [0.2, 0.25) is 0 Å². The van der Waals surface area contributed by atoms with Gasteiger partial charge in [-0.15, -0.1) is 0 Å². The highest BCUT2D eigenvalue weighted by molar-refractivity contribution is 9.10. The monoisotopic (exact) mass is 365 g/mol. The zero-order valence-electron chi connectivity index (χ0n) is 12.9. The first-order valence-electron chi connectivity index (χ1n) is 7.11. The van der Waals surface area contributed by atoms with Gasteiger partial charge in [0, 0.05) is 22.5 Å². The second-order valence-electron chi connectivity index (χ2n) is 6.08. The molecule has 0 aliphatic carbocycles. The number of nitrogens with one attached hydrogen (secondary N) is 2. The van der Waals surface area contributed by atoms with E-state index in [-0.39, 0.29) is 11.4 Å². The van der Waals surface area contributed by atoms with Gasteiger partial charge in [0.25, 0.3) is 0 Å². The maximum Gasteiger partial charge on any atom is 0.320 e. The van der Waals surface area contributed by atoms with Gasteiger partial charge in [-0.25, -0.2) is 4.79 Å². The summed E-state index contributed by atoms with van der Waals surface area (Å²) in [4.78, 5) is 11.8. The van der Waals surface area contributed by atoms with Gasteiger partial charge in [-0.2, -0.15) is 0 Å². The normalized spacial score (nSPS) is 11.3. The van der Waals surface area contributed by atoms with Crippen molar-refractivity contribution >= 4 is 27.8 Å². The number of carbonyl (C=O) groups is 1. The topological polar surface area (TPSA) is 67.2 Å². The van der Waals surface area contributed by atoms with Crippen molar-refractivity contribution in [1.29, 1.82) is 0 Å². The third kappa shape index (κ3) is 4.87. The van der Waals surface area contributed by atoms with Gasteiger partial charge >= 0.3 is 6.03 Å². The number of hydrogen-bond donors (Lipinski definition) is 2. The Kier molecular flexibility index (Phi) is 5.24. The molecule has 2 rings (SSSR count). The Hall–Kier alpha value is -1.82. The lowest BCUT2D eigenvalue weighted by Crippen LogP contribution is -2.30. The summed E-state index contributed by atoms with van der Waals surface area (Å²) in [6.45, 7) is 6.62. The average Bonchev–Trinajstić information content (AvgIpc) is 2.89. The maximum absolute atomic E-state index is 11.8. The maximum atomic E-state index is 11.8.